The maximum Gasteiger partial charge on any atom is 0.0897 e. The molecule has 20 heavy (non-hydrogen) atoms. The fraction of sp³-hybridized carbons (Fsp3) is 0.600. The van der Waals surface area contributed by atoms with Gasteiger partial charge in [-0.25, -0.2) is 4.98 Å². The van der Waals surface area contributed by atoms with E-state index < -0.39 is 0 Å². The van der Waals surface area contributed by atoms with Crippen LogP contribution >= 0.6 is 11.3 Å². The molecular formula is C15H22N4S. The van der Waals surface area contributed by atoms with E-state index in [2.05, 4.69) is 51.9 Å². The average molecular weight is 290 g/mol. The van der Waals surface area contributed by atoms with Crippen molar-refractivity contribution < 1.29 is 0 Å². The molecule has 0 N–H and O–H groups in total. The van der Waals surface area contributed by atoms with Gasteiger partial charge in [-0.1, -0.05) is 0 Å². The van der Waals surface area contributed by atoms with Crippen LogP contribution < -0.4 is 0 Å². The number of aryl methyl sites for hydroxylation is 3. The van der Waals surface area contributed by atoms with E-state index >= 15 is 0 Å². The van der Waals surface area contributed by atoms with E-state index in [9.17, 15) is 0 Å². The fourth-order valence-electron chi connectivity index (χ4n) is 3.03. The lowest BCUT2D eigenvalue weighted by molar-refractivity contribution is 0.320. The number of rotatable bonds is 4. The van der Waals surface area contributed by atoms with E-state index in [1.807, 2.05) is 0 Å². The van der Waals surface area contributed by atoms with Gasteiger partial charge in [0.2, 0.25) is 0 Å². The topological polar surface area (TPSA) is 34.0 Å². The summed E-state index contributed by atoms with van der Waals surface area (Å²) in [4.78, 5) is 7.08. The number of aromatic nitrogens is 3. The Hall–Kier alpha value is -1.20. The molecule has 0 spiro atoms. The van der Waals surface area contributed by atoms with Crippen molar-refractivity contribution in [2.75, 3.05) is 19.6 Å². The standard InChI is InChI=1S/C15H22N4S/c1-11-8-12(2)19(17-11)15-5-7-18(9-15)6-4-14-10-20-13(3)16-14/h8,10,15H,4-7,9H2,1-3H3. The molecule has 3 rings (SSSR count). The molecule has 2 aromatic heterocycles. The van der Waals surface area contributed by atoms with Crippen molar-refractivity contribution in [1.82, 2.24) is 19.7 Å². The third-order valence-corrected chi connectivity index (χ3v) is 4.81. The van der Waals surface area contributed by atoms with Crippen LogP contribution in [0.3, 0.4) is 0 Å². The first kappa shape index (κ1) is 13.8. The normalized spacial score (nSPS) is 19.9. The van der Waals surface area contributed by atoms with Crippen LogP contribution in [0.2, 0.25) is 0 Å². The van der Waals surface area contributed by atoms with Crippen molar-refractivity contribution in [3.63, 3.8) is 0 Å². The quantitative estimate of drug-likeness (QED) is 0.868. The van der Waals surface area contributed by atoms with E-state index in [-0.39, 0.29) is 0 Å². The van der Waals surface area contributed by atoms with Gasteiger partial charge in [-0.2, -0.15) is 5.10 Å². The van der Waals surface area contributed by atoms with Gasteiger partial charge in [0.05, 0.1) is 22.4 Å². The molecule has 1 fully saturated rings. The van der Waals surface area contributed by atoms with Crippen molar-refractivity contribution in [1.29, 1.82) is 0 Å². The van der Waals surface area contributed by atoms with Gasteiger partial charge in [0.15, 0.2) is 0 Å². The SMILES string of the molecule is Cc1cc(C)n(C2CCN(CCc3csc(C)n3)C2)n1. The largest absolute Gasteiger partial charge is 0.301 e. The second-order valence-corrected chi connectivity index (χ2v) is 6.78. The minimum absolute atomic E-state index is 0.542. The maximum absolute atomic E-state index is 4.63. The summed E-state index contributed by atoms with van der Waals surface area (Å²) in [6.07, 6.45) is 2.27. The molecule has 0 amide bonds. The van der Waals surface area contributed by atoms with Gasteiger partial charge >= 0.3 is 0 Å². The van der Waals surface area contributed by atoms with Gasteiger partial charge in [-0.3, -0.25) is 4.68 Å². The van der Waals surface area contributed by atoms with Gasteiger partial charge in [0.25, 0.3) is 0 Å². The summed E-state index contributed by atoms with van der Waals surface area (Å²) in [6.45, 7) is 9.70. The molecule has 0 bridgehead atoms. The van der Waals surface area contributed by atoms with Crippen LogP contribution in [0.15, 0.2) is 11.4 Å². The van der Waals surface area contributed by atoms with Gasteiger partial charge in [0.1, 0.15) is 0 Å². The fourth-order valence-corrected chi connectivity index (χ4v) is 3.67. The highest BCUT2D eigenvalue weighted by molar-refractivity contribution is 7.09. The Morgan fingerprint density at radius 2 is 2.20 bits per heavy atom. The zero-order valence-corrected chi connectivity index (χ0v) is 13.3. The monoisotopic (exact) mass is 290 g/mol. The summed E-state index contributed by atoms with van der Waals surface area (Å²) in [6, 6.07) is 2.71. The number of nitrogens with zero attached hydrogens (tertiary/aromatic N) is 4. The second kappa shape index (κ2) is 5.66. The molecule has 0 saturated carbocycles. The molecule has 108 valence electrons. The molecule has 0 aliphatic carbocycles. The van der Waals surface area contributed by atoms with Crippen molar-refractivity contribution in [3.8, 4) is 0 Å². The van der Waals surface area contributed by atoms with Crippen LogP contribution in [0.5, 0.6) is 0 Å². The minimum Gasteiger partial charge on any atom is -0.301 e. The summed E-state index contributed by atoms with van der Waals surface area (Å²) in [7, 11) is 0. The third kappa shape index (κ3) is 2.94. The Morgan fingerprint density at radius 1 is 1.35 bits per heavy atom. The molecule has 1 atom stereocenters. The van der Waals surface area contributed by atoms with Crippen molar-refractivity contribution in [2.24, 2.45) is 0 Å². The number of hydrogen-bond acceptors (Lipinski definition) is 4. The van der Waals surface area contributed by atoms with E-state index in [0.717, 1.165) is 25.2 Å². The maximum atomic E-state index is 4.63. The van der Waals surface area contributed by atoms with Gasteiger partial charge in [-0.05, 0) is 33.3 Å². The zero-order chi connectivity index (χ0) is 14.1. The van der Waals surface area contributed by atoms with Crippen LogP contribution in [0.1, 0.15) is 34.6 Å². The zero-order valence-electron chi connectivity index (χ0n) is 12.5. The lowest BCUT2D eigenvalue weighted by atomic mass is 10.2. The van der Waals surface area contributed by atoms with E-state index in [4.69, 9.17) is 0 Å². The summed E-state index contributed by atoms with van der Waals surface area (Å²) in [5.74, 6) is 0. The van der Waals surface area contributed by atoms with Crippen molar-refractivity contribution in [3.05, 3.63) is 33.5 Å². The molecule has 1 saturated heterocycles. The predicted octanol–water partition coefficient (Wildman–Crippen LogP) is 2.75. The molecule has 1 aliphatic rings. The first-order valence-corrected chi connectivity index (χ1v) is 8.16. The molecule has 4 nitrogen and oxygen atoms in total. The van der Waals surface area contributed by atoms with Gasteiger partial charge < -0.3 is 4.90 Å². The summed E-state index contributed by atoms with van der Waals surface area (Å²) in [5, 5.41) is 7.98. The molecule has 1 aliphatic heterocycles. The summed E-state index contributed by atoms with van der Waals surface area (Å²) in [5.41, 5.74) is 3.64. The lowest BCUT2D eigenvalue weighted by Gasteiger charge is -2.16. The molecule has 5 heteroatoms. The summed E-state index contributed by atoms with van der Waals surface area (Å²) < 4.78 is 2.21. The van der Waals surface area contributed by atoms with Crippen molar-refractivity contribution in [2.45, 2.75) is 39.7 Å². The Bertz CT molecular complexity index is 586. The van der Waals surface area contributed by atoms with E-state index in [1.54, 1.807) is 11.3 Å². The number of hydrogen-bond donors (Lipinski definition) is 0. The minimum atomic E-state index is 0.542. The number of thiazole rings is 1. The van der Waals surface area contributed by atoms with Crippen LogP contribution in [-0.4, -0.2) is 39.3 Å². The predicted molar refractivity (Wildman–Crippen MR) is 82.4 cm³/mol. The van der Waals surface area contributed by atoms with Crippen LogP contribution in [0.25, 0.3) is 0 Å². The van der Waals surface area contributed by atoms with Crippen LogP contribution in [-0.2, 0) is 6.42 Å². The first-order chi connectivity index (χ1) is 9.61. The van der Waals surface area contributed by atoms with E-state index in [0.29, 0.717) is 6.04 Å². The Balaban J connectivity index is 1.55. The Kier molecular flexibility index (Phi) is 3.89. The molecule has 0 radical (unpaired) electrons. The Labute approximate surface area is 124 Å². The Morgan fingerprint density at radius 3 is 2.85 bits per heavy atom. The highest BCUT2D eigenvalue weighted by Crippen LogP contribution is 2.23. The highest BCUT2D eigenvalue weighted by atomic mass is 32.1. The first-order valence-electron chi connectivity index (χ1n) is 7.28. The van der Waals surface area contributed by atoms with Crippen molar-refractivity contribution >= 4 is 11.3 Å². The number of likely N-dealkylation sites (tertiary alicyclic amines) is 1. The third-order valence-electron chi connectivity index (χ3n) is 3.99. The lowest BCUT2D eigenvalue weighted by Crippen LogP contribution is -2.24. The molecular weight excluding hydrogens is 268 g/mol. The second-order valence-electron chi connectivity index (χ2n) is 5.72. The molecule has 0 aromatic carbocycles. The van der Waals surface area contributed by atoms with Gasteiger partial charge in [-0.15, -0.1) is 11.3 Å². The molecule has 2 aromatic rings. The average Bonchev–Trinajstić information content (AvgIpc) is 3.08. The highest BCUT2D eigenvalue weighted by Gasteiger charge is 2.25. The molecule has 3 heterocycles. The van der Waals surface area contributed by atoms with Crippen LogP contribution in [0, 0.1) is 20.8 Å². The smallest absolute Gasteiger partial charge is 0.0897 e. The van der Waals surface area contributed by atoms with Gasteiger partial charge in [0, 0.05) is 37.1 Å². The molecule has 1 unspecified atom stereocenters. The summed E-state index contributed by atoms with van der Waals surface area (Å²) >= 11 is 1.75. The van der Waals surface area contributed by atoms with Crippen LogP contribution in [0.4, 0.5) is 0 Å². The van der Waals surface area contributed by atoms with E-state index in [1.165, 1.54) is 29.4 Å².